The predicted octanol–water partition coefficient (Wildman–Crippen LogP) is 12.5. The van der Waals surface area contributed by atoms with Crippen molar-refractivity contribution in [2.75, 3.05) is 13.2 Å². The SMILES string of the molecule is CCCCC/C=C/C/C=C/CCCCCCCCCC(=O)O[C@@H](COC(=O)CCC/C=C/CCCCCCCCCCCCCCCCCCCC)COP(=O)(O)OC1C(O)C(O)C(O)[C@H](O)C1O. The van der Waals surface area contributed by atoms with E-state index in [2.05, 4.69) is 50.3 Å². The Morgan fingerprint density at radius 3 is 1.26 bits per heavy atom. The van der Waals surface area contributed by atoms with Crippen molar-refractivity contribution in [3.8, 4) is 0 Å². The molecule has 6 N–H and O–H groups in total. The van der Waals surface area contributed by atoms with Crippen molar-refractivity contribution in [3.05, 3.63) is 36.5 Å². The number of phosphoric ester groups is 1. The minimum Gasteiger partial charge on any atom is -0.462 e. The molecule has 13 nitrogen and oxygen atoms in total. The molecule has 14 heteroatoms. The first kappa shape index (κ1) is 65.1. The molecule has 1 aliphatic carbocycles. The second-order valence-electron chi connectivity index (χ2n) is 19.4. The van der Waals surface area contributed by atoms with Gasteiger partial charge in [-0.25, -0.2) is 4.57 Å². The molecule has 0 spiro atoms. The molecule has 6 unspecified atom stereocenters. The summed E-state index contributed by atoms with van der Waals surface area (Å²) in [5.74, 6) is -1.14. The van der Waals surface area contributed by atoms with Gasteiger partial charge in [0.1, 0.15) is 43.2 Å². The molecule has 404 valence electrons. The number of carbonyl (C=O) groups is 2. The van der Waals surface area contributed by atoms with E-state index < -0.39 is 75.7 Å². The fourth-order valence-electron chi connectivity index (χ4n) is 8.50. The van der Waals surface area contributed by atoms with Gasteiger partial charge in [-0.1, -0.05) is 204 Å². The number of unbranched alkanes of at least 4 members (excludes halogenated alkanes) is 29. The van der Waals surface area contributed by atoms with Crippen LogP contribution in [0.1, 0.15) is 245 Å². The quantitative estimate of drug-likeness (QED) is 0.0145. The lowest BCUT2D eigenvalue weighted by molar-refractivity contribution is -0.220. The Morgan fingerprint density at radius 1 is 0.449 bits per heavy atom. The van der Waals surface area contributed by atoms with Crippen LogP contribution in [-0.4, -0.2) is 98.3 Å². The highest BCUT2D eigenvalue weighted by atomic mass is 31.2. The topological polar surface area (TPSA) is 210 Å². The third kappa shape index (κ3) is 36.6. The van der Waals surface area contributed by atoms with Gasteiger partial charge in [0.2, 0.25) is 0 Å². The zero-order chi connectivity index (χ0) is 50.6. The van der Waals surface area contributed by atoms with E-state index in [4.69, 9.17) is 18.5 Å². The van der Waals surface area contributed by atoms with Crippen molar-refractivity contribution < 1.29 is 63.1 Å². The van der Waals surface area contributed by atoms with Crippen LogP contribution < -0.4 is 0 Å². The van der Waals surface area contributed by atoms with E-state index in [0.717, 1.165) is 70.6 Å². The van der Waals surface area contributed by atoms with Crippen molar-refractivity contribution in [1.29, 1.82) is 0 Å². The summed E-state index contributed by atoms with van der Waals surface area (Å²) in [6.07, 6.45) is 40.6. The van der Waals surface area contributed by atoms with E-state index in [0.29, 0.717) is 19.3 Å². The third-order valence-corrected chi connectivity index (χ3v) is 13.9. The standard InChI is InChI=1S/C55H101O13P/c1-3-5-7-9-11-13-15-17-19-21-22-23-24-25-26-28-29-31-33-35-37-39-41-43-48(56)65-45-47(46-66-69(63,64)68-55-53(61)51(59)50(58)52(60)54(55)62)67-49(57)44-42-40-38-36-34-32-30-27-20-18-16-14-12-10-8-6-4-2/h12,14,18,20,35,37,47,50-55,58-62H,3-11,13,15-17,19,21-34,36,38-46H2,1-2H3,(H,63,64)/b14-12+,20-18+,37-35+/t47-,50?,51-,52?,53?,54?,55?/m0/s1. The van der Waals surface area contributed by atoms with Crippen LogP contribution in [0.5, 0.6) is 0 Å². The Hall–Kier alpha value is -1.93. The molecule has 0 aromatic rings. The molecule has 0 bridgehead atoms. The second-order valence-corrected chi connectivity index (χ2v) is 20.8. The van der Waals surface area contributed by atoms with Crippen LogP contribution in [0.4, 0.5) is 0 Å². The van der Waals surface area contributed by atoms with Gasteiger partial charge < -0.3 is 39.9 Å². The molecule has 0 aromatic carbocycles. The molecule has 8 atom stereocenters. The van der Waals surface area contributed by atoms with Gasteiger partial charge in [-0.05, 0) is 64.2 Å². The maximum atomic E-state index is 12.9. The summed E-state index contributed by atoms with van der Waals surface area (Å²) >= 11 is 0. The largest absolute Gasteiger partial charge is 0.472 e. The number of rotatable bonds is 47. The predicted molar refractivity (Wildman–Crippen MR) is 277 cm³/mol. The van der Waals surface area contributed by atoms with Crippen LogP contribution in [0.2, 0.25) is 0 Å². The number of ether oxygens (including phenoxy) is 2. The second kappa shape index (κ2) is 44.7. The zero-order valence-corrected chi connectivity index (χ0v) is 44.3. The smallest absolute Gasteiger partial charge is 0.462 e. The van der Waals surface area contributed by atoms with E-state index in [9.17, 15) is 44.6 Å². The number of phosphoric acid groups is 1. The molecule has 1 saturated carbocycles. The monoisotopic (exact) mass is 1000 g/mol. The zero-order valence-electron chi connectivity index (χ0n) is 43.4. The van der Waals surface area contributed by atoms with Crippen LogP contribution in [0.3, 0.4) is 0 Å². The van der Waals surface area contributed by atoms with Crippen molar-refractivity contribution in [2.45, 2.75) is 288 Å². The van der Waals surface area contributed by atoms with Crippen molar-refractivity contribution in [2.24, 2.45) is 0 Å². The van der Waals surface area contributed by atoms with E-state index in [1.807, 2.05) is 0 Å². The molecule has 69 heavy (non-hydrogen) atoms. The highest BCUT2D eigenvalue weighted by Gasteiger charge is 2.51. The highest BCUT2D eigenvalue weighted by Crippen LogP contribution is 2.47. The number of carbonyl (C=O) groups excluding carboxylic acids is 2. The normalized spacial score (nSPS) is 21.1. The summed E-state index contributed by atoms with van der Waals surface area (Å²) in [5, 5.41) is 50.3. The van der Waals surface area contributed by atoms with Crippen molar-refractivity contribution >= 4 is 19.8 Å². The lowest BCUT2D eigenvalue weighted by Crippen LogP contribution is -2.64. The molecule has 0 amide bonds. The van der Waals surface area contributed by atoms with Gasteiger partial charge in [-0.3, -0.25) is 18.6 Å². The summed E-state index contributed by atoms with van der Waals surface area (Å²) in [6, 6.07) is 0. The van der Waals surface area contributed by atoms with E-state index >= 15 is 0 Å². The minimum absolute atomic E-state index is 0.0833. The third-order valence-electron chi connectivity index (χ3n) is 13.0. The molecule has 0 saturated heterocycles. The van der Waals surface area contributed by atoms with Crippen LogP contribution in [0.15, 0.2) is 36.5 Å². The van der Waals surface area contributed by atoms with Crippen LogP contribution in [0, 0.1) is 0 Å². The summed E-state index contributed by atoms with van der Waals surface area (Å²) in [7, 11) is -5.13. The summed E-state index contributed by atoms with van der Waals surface area (Å²) < 4.78 is 33.7. The number of allylic oxidation sites excluding steroid dienone is 6. The van der Waals surface area contributed by atoms with Gasteiger partial charge in [0, 0.05) is 12.8 Å². The lowest BCUT2D eigenvalue weighted by atomic mass is 9.85. The maximum absolute atomic E-state index is 12.9. The summed E-state index contributed by atoms with van der Waals surface area (Å²) in [4.78, 5) is 35.9. The lowest BCUT2D eigenvalue weighted by Gasteiger charge is -2.41. The Morgan fingerprint density at radius 2 is 0.797 bits per heavy atom. The number of aliphatic hydroxyl groups is 5. The molecule has 1 fully saturated rings. The molecule has 0 heterocycles. The van der Waals surface area contributed by atoms with Crippen LogP contribution >= 0.6 is 7.82 Å². The van der Waals surface area contributed by atoms with Crippen LogP contribution in [-0.2, 0) is 32.7 Å². The van der Waals surface area contributed by atoms with Gasteiger partial charge in [-0.2, -0.15) is 0 Å². The van der Waals surface area contributed by atoms with E-state index in [1.165, 1.54) is 128 Å². The molecule has 1 aliphatic rings. The minimum atomic E-state index is -5.13. The summed E-state index contributed by atoms with van der Waals surface area (Å²) in [5.41, 5.74) is 0. The summed E-state index contributed by atoms with van der Waals surface area (Å²) in [6.45, 7) is 3.29. The average Bonchev–Trinajstić information content (AvgIpc) is 3.33. The van der Waals surface area contributed by atoms with Crippen molar-refractivity contribution in [1.82, 2.24) is 0 Å². The fourth-order valence-corrected chi connectivity index (χ4v) is 9.47. The van der Waals surface area contributed by atoms with Gasteiger partial charge in [0.15, 0.2) is 6.10 Å². The number of esters is 2. The number of hydrogen-bond acceptors (Lipinski definition) is 12. The average molecular weight is 1000 g/mol. The first-order chi connectivity index (χ1) is 33.4. The Kier molecular flexibility index (Phi) is 42.2. The van der Waals surface area contributed by atoms with E-state index in [-0.39, 0.29) is 12.8 Å². The molecular weight excluding hydrogens is 900 g/mol. The maximum Gasteiger partial charge on any atom is 0.472 e. The molecule has 0 aliphatic heterocycles. The molecule has 0 aromatic heterocycles. The molecule has 0 radical (unpaired) electrons. The fraction of sp³-hybridized carbons (Fsp3) is 0.855. The van der Waals surface area contributed by atoms with E-state index in [1.54, 1.807) is 0 Å². The molecule has 1 rings (SSSR count). The number of aliphatic hydroxyl groups excluding tert-OH is 5. The van der Waals surface area contributed by atoms with Crippen LogP contribution in [0.25, 0.3) is 0 Å². The number of hydrogen-bond donors (Lipinski definition) is 6. The Balaban J connectivity index is 2.36. The molecular formula is C55H101O13P. The van der Waals surface area contributed by atoms with Gasteiger partial charge in [0.25, 0.3) is 0 Å². The first-order valence-corrected chi connectivity index (χ1v) is 29.3. The Bertz CT molecular complexity index is 1340. The Labute approximate surface area is 418 Å². The highest BCUT2D eigenvalue weighted by molar-refractivity contribution is 7.47. The van der Waals surface area contributed by atoms with Gasteiger partial charge in [-0.15, -0.1) is 0 Å². The van der Waals surface area contributed by atoms with Gasteiger partial charge >= 0.3 is 19.8 Å². The first-order valence-electron chi connectivity index (χ1n) is 27.8. The van der Waals surface area contributed by atoms with Gasteiger partial charge in [0.05, 0.1) is 6.61 Å². The van der Waals surface area contributed by atoms with Crippen molar-refractivity contribution in [3.63, 3.8) is 0 Å².